The Kier molecular flexibility index (Phi) is 16.9. The van der Waals surface area contributed by atoms with Gasteiger partial charge in [-0.15, -0.1) is 0 Å². The maximum atomic E-state index is 13.9. The summed E-state index contributed by atoms with van der Waals surface area (Å²) in [7, 11) is 1.27. The van der Waals surface area contributed by atoms with E-state index in [1.807, 2.05) is 126 Å². The fourth-order valence-electron chi connectivity index (χ4n) is 8.54. The van der Waals surface area contributed by atoms with Crippen LogP contribution in [0.2, 0.25) is 0 Å². The van der Waals surface area contributed by atoms with E-state index in [0.717, 1.165) is 16.7 Å². The van der Waals surface area contributed by atoms with Crippen molar-refractivity contribution in [1.29, 1.82) is 0 Å². The first kappa shape index (κ1) is 45.9. The van der Waals surface area contributed by atoms with Gasteiger partial charge in [-0.2, -0.15) is 0 Å². The molecule has 0 N–H and O–H groups in total. The minimum Gasteiger partial charge on any atom is -0.467 e. The molecule has 0 amide bonds. The van der Waals surface area contributed by atoms with Gasteiger partial charge in [0.25, 0.3) is 0 Å². The van der Waals surface area contributed by atoms with Crippen molar-refractivity contribution in [2.75, 3.05) is 7.11 Å². The lowest BCUT2D eigenvalue weighted by Gasteiger charge is -2.50. The highest BCUT2D eigenvalue weighted by molar-refractivity contribution is 5.75. The van der Waals surface area contributed by atoms with Crippen LogP contribution in [0.4, 0.5) is 0 Å². The summed E-state index contributed by atoms with van der Waals surface area (Å²) in [6, 6.07) is 27.4. The third-order valence-corrected chi connectivity index (χ3v) is 11.8. The topological polar surface area (TPSA) is 198 Å². The molecular formula is C45H58N6O10. The van der Waals surface area contributed by atoms with Gasteiger partial charge in [0.05, 0.1) is 63.5 Å². The molecule has 3 aromatic carbocycles. The van der Waals surface area contributed by atoms with Crippen molar-refractivity contribution in [2.24, 2.45) is 22.1 Å². The monoisotopic (exact) mass is 842 g/mol. The summed E-state index contributed by atoms with van der Waals surface area (Å²) in [5.74, 6) is -1.55. The zero-order valence-electron chi connectivity index (χ0n) is 35.6. The maximum absolute atomic E-state index is 13.9. The van der Waals surface area contributed by atoms with Crippen molar-refractivity contribution in [3.63, 3.8) is 0 Å². The molecule has 0 radical (unpaired) electrons. The molecule has 0 aliphatic carbocycles. The van der Waals surface area contributed by atoms with Gasteiger partial charge in [0.2, 0.25) is 0 Å². The number of esters is 1. The van der Waals surface area contributed by atoms with E-state index in [4.69, 9.17) is 42.6 Å². The molecule has 328 valence electrons. The zero-order valence-corrected chi connectivity index (χ0v) is 35.6. The molecule has 3 fully saturated rings. The van der Waals surface area contributed by atoms with Crippen LogP contribution in [0.3, 0.4) is 0 Å². The molecule has 3 aliphatic heterocycles. The van der Waals surface area contributed by atoms with Crippen LogP contribution in [0.5, 0.6) is 0 Å². The SMILES string of the molecule is CCC1O[C@H](C)[C@@H](N=[N+]=[N-])C(C)[C@@H]1O[C@@H]1OC(C(=O)OC)[C@@H](O[C@H]2OC(CC)[C@H](OCc3ccccc3)[C@@H](OCc3ccccc3)C2N=[N+]=[N-])[C@@H](OCc2ccccc2)C1C. The van der Waals surface area contributed by atoms with E-state index in [1.54, 1.807) is 0 Å². The predicted octanol–water partition coefficient (Wildman–Crippen LogP) is 8.37. The summed E-state index contributed by atoms with van der Waals surface area (Å²) in [5, 5.41) is 8.27. The smallest absolute Gasteiger partial charge is 0.337 e. The van der Waals surface area contributed by atoms with E-state index in [0.29, 0.717) is 12.8 Å². The number of methoxy groups -OCH3 is 1. The first-order valence-corrected chi connectivity index (χ1v) is 21.1. The van der Waals surface area contributed by atoms with Crippen LogP contribution < -0.4 is 0 Å². The van der Waals surface area contributed by atoms with Gasteiger partial charge in [-0.1, -0.05) is 129 Å². The van der Waals surface area contributed by atoms with Crippen LogP contribution in [0.15, 0.2) is 101 Å². The van der Waals surface area contributed by atoms with Gasteiger partial charge < -0.3 is 42.6 Å². The predicted molar refractivity (Wildman–Crippen MR) is 223 cm³/mol. The van der Waals surface area contributed by atoms with Crippen LogP contribution in [-0.4, -0.2) is 92.7 Å². The Morgan fingerprint density at radius 1 is 0.590 bits per heavy atom. The van der Waals surface area contributed by atoms with E-state index in [1.165, 1.54) is 7.11 Å². The lowest BCUT2D eigenvalue weighted by Crippen LogP contribution is -2.64. The molecule has 0 bridgehead atoms. The lowest BCUT2D eigenvalue weighted by atomic mass is 9.85. The Hall–Kier alpha value is -4.57. The number of ether oxygens (including phenoxy) is 9. The normalized spacial score (nSPS) is 33.8. The number of hydrogen-bond acceptors (Lipinski definition) is 12. The molecule has 3 aliphatic rings. The summed E-state index contributed by atoms with van der Waals surface area (Å²) >= 11 is 0. The van der Waals surface area contributed by atoms with Crippen molar-refractivity contribution in [3.8, 4) is 0 Å². The van der Waals surface area contributed by atoms with Gasteiger partial charge in [-0.05, 0) is 53.4 Å². The van der Waals surface area contributed by atoms with E-state index in [-0.39, 0.29) is 37.9 Å². The van der Waals surface area contributed by atoms with E-state index in [2.05, 4.69) is 20.1 Å². The van der Waals surface area contributed by atoms with Gasteiger partial charge in [0.1, 0.15) is 24.4 Å². The van der Waals surface area contributed by atoms with E-state index < -0.39 is 79.3 Å². The maximum Gasteiger partial charge on any atom is 0.337 e. The molecule has 0 saturated carbocycles. The van der Waals surface area contributed by atoms with Gasteiger partial charge in [-0.25, -0.2) is 4.79 Å². The fourth-order valence-corrected chi connectivity index (χ4v) is 8.54. The van der Waals surface area contributed by atoms with Crippen LogP contribution in [0.25, 0.3) is 20.9 Å². The van der Waals surface area contributed by atoms with Crippen molar-refractivity contribution in [3.05, 3.63) is 129 Å². The van der Waals surface area contributed by atoms with E-state index >= 15 is 0 Å². The number of carbonyl (C=O) groups excluding carboxylic acids is 1. The van der Waals surface area contributed by atoms with Crippen molar-refractivity contribution in [1.82, 2.24) is 0 Å². The standard InChI is InChI=1S/C45H58N6O10/c1-7-33-37(27(3)35(48-50-46)29(5)57-33)59-44-28(4)38(54-24-30-18-12-9-13-19-30)41(42(61-44)43(52)53-6)60-45-36(49-51-47)40(56-26-32-22-16-11-17-23-32)39(34(8-2)58-45)55-25-31-20-14-10-15-21-31/h9-23,27-29,33-42,44-45H,7-8,24-26H2,1-6H3/t27?,28?,29-,33?,34?,35+,36?,37+,38+,39+,40+,41+,42?,44-,45-/m1/s1. The van der Waals surface area contributed by atoms with Crippen molar-refractivity contribution in [2.45, 2.75) is 147 Å². The molecule has 15 atom stereocenters. The molecule has 3 aromatic rings. The zero-order chi connectivity index (χ0) is 43.3. The molecule has 0 spiro atoms. The second-order valence-corrected chi connectivity index (χ2v) is 15.8. The highest BCUT2D eigenvalue weighted by atomic mass is 16.7. The molecule has 0 aromatic heterocycles. The average Bonchev–Trinajstić information content (AvgIpc) is 3.29. The highest BCUT2D eigenvalue weighted by Crippen LogP contribution is 2.40. The number of benzene rings is 3. The van der Waals surface area contributed by atoms with Gasteiger partial charge in [-0.3, -0.25) is 0 Å². The summed E-state index contributed by atoms with van der Waals surface area (Å²) < 4.78 is 58.5. The molecule has 16 nitrogen and oxygen atoms in total. The third-order valence-electron chi connectivity index (χ3n) is 11.8. The van der Waals surface area contributed by atoms with Gasteiger partial charge in [0, 0.05) is 15.7 Å². The molecule has 3 heterocycles. The van der Waals surface area contributed by atoms with Crippen molar-refractivity contribution >= 4 is 5.97 Å². The van der Waals surface area contributed by atoms with Crippen LogP contribution >= 0.6 is 0 Å². The average molecular weight is 843 g/mol. The third kappa shape index (κ3) is 11.3. The molecule has 3 saturated heterocycles. The fraction of sp³-hybridized carbons (Fsp3) is 0.578. The van der Waals surface area contributed by atoms with Crippen LogP contribution in [0, 0.1) is 11.8 Å². The minimum absolute atomic E-state index is 0.161. The molecule has 16 heteroatoms. The Labute approximate surface area is 357 Å². The Balaban J connectivity index is 1.35. The quantitative estimate of drug-likeness (QED) is 0.0519. The summed E-state index contributed by atoms with van der Waals surface area (Å²) in [5.41, 5.74) is 22.2. The summed E-state index contributed by atoms with van der Waals surface area (Å²) in [4.78, 5) is 20.2. The number of carbonyl (C=O) groups is 1. The van der Waals surface area contributed by atoms with Crippen molar-refractivity contribution < 1.29 is 47.4 Å². The summed E-state index contributed by atoms with van der Waals surface area (Å²) in [6.07, 6.45) is -7.89. The Morgan fingerprint density at radius 3 is 1.57 bits per heavy atom. The molecule has 6 rings (SSSR count). The molecule has 6 unspecified atom stereocenters. The van der Waals surface area contributed by atoms with Crippen LogP contribution in [-0.2, 0) is 67.2 Å². The minimum atomic E-state index is -1.38. The first-order valence-electron chi connectivity index (χ1n) is 21.1. The summed E-state index contributed by atoms with van der Waals surface area (Å²) in [6.45, 7) is 10.3. The van der Waals surface area contributed by atoms with Gasteiger partial charge >= 0.3 is 5.97 Å². The van der Waals surface area contributed by atoms with E-state index in [9.17, 15) is 15.9 Å². The number of azide groups is 2. The highest BCUT2D eigenvalue weighted by Gasteiger charge is 2.55. The van der Waals surface area contributed by atoms with Gasteiger partial charge in [0.15, 0.2) is 18.7 Å². The van der Waals surface area contributed by atoms with Crippen LogP contribution in [0.1, 0.15) is 64.2 Å². The largest absolute Gasteiger partial charge is 0.467 e. The first-order chi connectivity index (χ1) is 29.7. The number of nitrogens with zero attached hydrogens (tertiary/aromatic N) is 6. The number of rotatable bonds is 18. The second-order valence-electron chi connectivity index (χ2n) is 15.8. The second kappa shape index (κ2) is 22.5. The molecular weight excluding hydrogens is 785 g/mol. The Bertz CT molecular complexity index is 1910. The lowest BCUT2D eigenvalue weighted by molar-refractivity contribution is -0.350. The molecule has 61 heavy (non-hydrogen) atoms. The number of hydrogen-bond donors (Lipinski definition) is 0. The Morgan fingerprint density at radius 2 is 1.07 bits per heavy atom.